The van der Waals surface area contributed by atoms with Crippen LogP contribution in [0, 0.1) is 36.0 Å². The number of hydrogen-bond donors (Lipinski definition) is 2. The number of aromatic nitrogens is 1. The Morgan fingerprint density at radius 3 is 2.92 bits per heavy atom. The zero-order valence-electron chi connectivity index (χ0n) is 14.1. The summed E-state index contributed by atoms with van der Waals surface area (Å²) >= 11 is 1.22. The zero-order chi connectivity index (χ0) is 17.3. The van der Waals surface area contributed by atoms with Crippen LogP contribution in [0.2, 0.25) is 0 Å². The van der Waals surface area contributed by atoms with E-state index in [0.29, 0.717) is 22.1 Å². The van der Waals surface area contributed by atoms with Gasteiger partial charge in [-0.05, 0) is 56.4 Å². The largest absolute Gasteiger partial charge is 0.353 e. The maximum Gasteiger partial charge on any atom is 0.249 e. The van der Waals surface area contributed by atoms with Crippen LogP contribution in [0.15, 0.2) is 15.9 Å². The highest BCUT2D eigenvalue weighted by atomic mass is 32.2. The van der Waals surface area contributed by atoms with Gasteiger partial charge in [-0.25, -0.2) is 0 Å². The third-order valence-corrected chi connectivity index (χ3v) is 6.49. The standard InChI is InChI=1S/C18H23N3O2S/c1-10-5-16(22)21-18(15(10)8-19)24-9-17(23)20-11(2)14-7-12-3-4-13(14)6-12/h5,11-14H,3-4,6-7,9H2,1-2H3,(H,20,23)(H,21,22)/t11-,12+,13-,14+/m1/s1. The van der Waals surface area contributed by atoms with E-state index in [0.717, 1.165) is 11.8 Å². The lowest BCUT2D eigenvalue weighted by Gasteiger charge is -2.28. The van der Waals surface area contributed by atoms with E-state index < -0.39 is 0 Å². The van der Waals surface area contributed by atoms with Crippen LogP contribution in [0.4, 0.5) is 0 Å². The van der Waals surface area contributed by atoms with Gasteiger partial charge in [-0.2, -0.15) is 5.26 Å². The second-order valence-corrected chi connectivity index (χ2v) is 8.10. The predicted molar refractivity (Wildman–Crippen MR) is 93.8 cm³/mol. The molecule has 2 saturated carbocycles. The third-order valence-electron chi connectivity index (χ3n) is 5.49. The fourth-order valence-corrected chi connectivity index (χ4v) is 5.23. The molecule has 0 unspecified atom stereocenters. The quantitative estimate of drug-likeness (QED) is 0.803. The molecule has 2 bridgehead atoms. The van der Waals surface area contributed by atoms with E-state index in [-0.39, 0.29) is 23.3 Å². The zero-order valence-corrected chi connectivity index (χ0v) is 14.9. The molecule has 2 N–H and O–H groups in total. The minimum Gasteiger partial charge on any atom is -0.353 e. The van der Waals surface area contributed by atoms with Crippen molar-refractivity contribution in [3.05, 3.63) is 27.5 Å². The molecule has 1 aromatic rings. The first-order valence-electron chi connectivity index (χ1n) is 8.54. The van der Waals surface area contributed by atoms with Crippen LogP contribution in [0.1, 0.15) is 43.7 Å². The van der Waals surface area contributed by atoms with Crippen molar-refractivity contribution >= 4 is 17.7 Å². The van der Waals surface area contributed by atoms with E-state index in [9.17, 15) is 14.9 Å². The highest BCUT2D eigenvalue weighted by molar-refractivity contribution is 8.00. The van der Waals surface area contributed by atoms with Crippen LogP contribution >= 0.6 is 11.8 Å². The summed E-state index contributed by atoms with van der Waals surface area (Å²) in [6, 6.07) is 3.69. The Kier molecular flexibility index (Phi) is 5.00. The Bertz CT molecular complexity index is 737. The average molecular weight is 345 g/mol. The van der Waals surface area contributed by atoms with E-state index in [1.54, 1.807) is 6.92 Å². The average Bonchev–Trinajstić information content (AvgIpc) is 3.15. The molecule has 0 saturated heterocycles. The van der Waals surface area contributed by atoms with E-state index in [2.05, 4.69) is 23.3 Å². The van der Waals surface area contributed by atoms with Gasteiger partial charge in [0.05, 0.1) is 16.3 Å². The van der Waals surface area contributed by atoms with Crippen molar-refractivity contribution in [1.29, 1.82) is 5.26 Å². The Morgan fingerprint density at radius 1 is 1.50 bits per heavy atom. The normalized spacial score (nSPS) is 26.1. The number of nitriles is 1. The maximum absolute atomic E-state index is 12.3. The molecule has 2 aliphatic rings. The number of nitrogens with zero attached hydrogens (tertiary/aromatic N) is 1. The molecule has 3 rings (SSSR count). The minimum absolute atomic E-state index is 0.0403. The van der Waals surface area contributed by atoms with Gasteiger partial charge < -0.3 is 10.3 Å². The summed E-state index contributed by atoms with van der Waals surface area (Å²) in [5.41, 5.74) is 0.831. The summed E-state index contributed by atoms with van der Waals surface area (Å²) < 4.78 is 0. The molecule has 1 heterocycles. The molecule has 24 heavy (non-hydrogen) atoms. The fourth-order valence-electron chi connectivity index (χ4n) is 4.35. The number of carbonyl (C=O) groups excluding carboxylic acids is 1. The van der Waals surface area contributed by atoms with Gasteiger partial charge >= 0.3 is 0 Å². The molecule has 6 heteroatoms. The molecule has 1 amide bonds. The number of pyridine rings is 1. The van der Waals surface area contributed by atoms with Crippen molar-refractivity contribution < 1.29 is 4.79 Å². The number of rotatable bonds is 5. The monoisotopic (exact) mass is 345 g/mol. The predicted octanol–water partition coefficient (Wildman–Crippen LogP) is 2.59. The van der Waals surface area contributed by atoms with Crippen molar-refractivity contribution in [2.45, 2.75) is 50.6 Å². The van der Waals surface area contributed by atoms with Gasteiger partial charge in [0, 0.05) is 12.1 Å². The van der Waals surface area contributed by atoms with E-state index in [1.165, 1.54) is 43.5 Å². The number of H-pyrrole nitrogens is 1. The van der Waals surface area contributed by atoms with Crippen molar-refractivity contribution in [1.82, 2.24) is 10.3 Å². The summed E-state index contributed by atoms with van der Waals surface area (Å²) in [4.78, 5) is 26.5. The van der Waals surface area contributed by atoms with Crippen LogP contribution in [0.3, 0.4) is 0 Å². The summed E-state index contributed by atoms with van der Waals surface area (Å²) in [5.74, 6) is 2.41. The molecule has 2 fully saturated rings. The van der Waals surface area contributed by atoms with Gasteiger partial charge in [0.2, 0.25) is 11.5 Å². The molecule has 0 aromatic carbocycles. The van der Waals surface area contributed by atoms with E-state index in [1.807, 2.05) is 0 Å². The molecular weight excluding hydrogens is 322 g/mol. The lowest BCUT2D eigenvalue weighted by Crippen LogP contribution is -2.40. The lowest BCUT2D eigenvalue weighted by molar-refractivity contribution is -0.119. The SMILES string of the molecule is Cc1cc(=O)[nH]c(SCC(=O)N[C@H](C)[C@@H]2C[C@H]3CC[C@@H]2C3)c1C#N. The third kappa shape index (κ3) is 3.51. The Hall–Kier alpha value is -1.74. The molecule has 128 valence electrons. The van der Waals surface area contributed by atoms with Gasteiger partial charge in [-0.1, -0.05) is 18.2 Å². The first-order chi connectivity index (χ1) is 11.5. The molecule has 0 aliphatic heterocycles. The second-order valence-electron chi connectivity index (χ2n) is 7.12. The van der Waals surface area contributed by atoms with Crippen LogP contribution in [-0.4, -0.2) is 22.7 Å². The topological polar surface area (TPSA) is 85.8 Å². The number of amides is 1. The van der Waals surface area contributed by atoms with E-state index in [4.69, 9.17) is 0 Å². The molecule has 0 spiro atoms. The van der Waals surface area contributed by atoms with Crippen molar-refractivity contribution in [3.63, 3.8) is 0 Å². The molecule has 5 nitrogen and oxygen atoms in total. The number of nitrogens with one attached hydrogen (secondary N) is 2. The minimum atomic E-state index is -0.246. The summed E-state index contributed by atoms with van der Waals surface area (Å²) in [5, 5.41) is 12.8. The summed E-state index contributed by atoms with van der Waals surface area (Å²) in [6.45, 7) is 3.83. The molecule has 1 aromatic heterocycles. The number of carbonyl (C=O) groups is 1. The van der Waals surface area contributed by atoms with Crippen molar-refractivity contribution in [2.24, 2.45) is 17.8 Å². The fraction of sp³-hybridized carbons (Fsp3) is 0.611. The van der Waals surface area contributed by atoms with Crippen molar-refractivity contribution in [3.8, 4) is 6.07 Å². The van der Waals surface area contributed by atoms with Gasteiger partial charge in [-0.15, -0.1) is 0 Å². The van der Waals surface area contributed by atoms with Crippen molar-refractivity contribution in [2.75, 3.05) is 5.75 Å². The van der Waals surface area contributed by atoms with Gasteiger partial charge in [0.25, 0.3) is 0 Å². The smallest absolute Gasteiger partial charge is 0.249 e. The summed E-state index contributed by atoms with van der Waals surface area (Å²) in [7, 11) is 0. The van der Waals surface area contributed by atoms with Gasteiger partial charge in [-0.3, -0.25) is 9.59 Å². The van der Waals surface area contributed by atoms with Gasteiger partial charge in [0.1, 0.15) is 6.07 Å². The molecule has 0 radical (unpaired) electrons. The lowest BCUT2D eigenvalue weighted by atomic mass is 9.84. The molecule has 2 aliphatic carbocycles. The first-order valence-corrected chi connectivity index (χ1v) is 9.52. The first kappa shape index (κ1) is 17.1. The second kappa shape index (κ2) is 7.02. The number of hydrogen-bond acceptors (Lipinski definition) is 4. The Balaban J connectivity index is 1.56. The number of aromatic amines is 1. The Labute approximate surface area is 146 Å². The van der Waals surface area contributed by atoms with E-state index >= 15 is 0 Å². The number of thioether (sulfide) groups is 1. The molecular formula is C18H23N3O2S. The van der Waals surface area contributed by atoms with Crippen LogP contribution in [0.5, 0.6) is 0 Å². The number of aryl methyl sites for hydroxylation is 1. The summed E-state index contributed by atoms with van der Waals surface area (Å²) in [6.07, 6.45) is 5.23. The van der Waals surface area contributed by atoms with Gasteiger partial charge in [0.15, 0.2) is 0 Å². The molecule has 4 atom stereocenters. The highest BCUT2D eigenvalue weighted by Gasteiger charge is 2.42. The Morgan fingerprint density at radius 2 is 2.29 bits per heavy atom. The number of fused-ring (bicyclic) bond motifs is 2. The van der Waals surface area contributed by atoms with Crippen LogP contribution in [0.25, 0.3) is 0 Å². The highest BCUT2D eigenvalue weighted by Crippen LogP contribution is 2.49. The van der Waals surface area contributed by atoms with Crippen LogP contribution < -0.4 is 10.9 Å². The maximum atomic E-state index is 12.3. The van der Waals surface area contributed by atoms with Crippen LogP contribution in [-0.2, 0) is 4.79 Å².